The molecule has 25 heteroatoms. The first-order valence-corrected chi connectivity index (χ1v) is 37.1. The van der Waals surface area contributed by atoms with Gasteiger partial charge in [0.2, 0.25) is 17.7 Å². The number of aliphatic hydroxyl groups excluding tert-OH is 1. The predicted molar refractivity (Wildman–Crippen MR) is 400 cm³/mol. The average Bonchev–Trinajstić information content (AvgIpc) is 1.56. The maximum absolute atomic E-state index is 14.5. The van der Waals surface area contributed by atoms with Crippen LogP contribution in [0.2, 0.25) is 0 Å². The van der Waals surface area contributed by atoms with E-state index in [1.165, 1.54) is 26.4 Å². The van der Waals surface area contributed by atoms with E-state index in [9.17, 15) is 53.4 Å². The number of hydrogen-bond donors (Lipinski definition) is 4. The highest BCUT2D eigenvalue weighted by Gasteiger charge is 2.58. The van der Waals surface area contributed by atoms with Crippen molar-refractivity contribution in [3.8, 4) is 51.3 Å². The van der Waals surface area contributed by atoms with Crippen LogP contribution < -0.4 is 39.4 Å². The molecular weight excluding hydrogens is 1380 g/mol. The summed E-state index contributed by atoms with van der Waals surface area (Å²) in [5, 5.41) is 36.4. The molecule has 25 nitrogen and oxygen atoms in total. The summed E-state index contributed by atoms with van der Waals surface area (Å²) in [4.78, 5) is 130. The van der Waals surface area contributed by atoms with Gasteiger partial charge in [-0.2, -0.15) is 0 Å². The first-order valence-electron chi connectivity index (χ1n) is 37.1. The Balaban J connectivity index is 0.569. The van der Waals surface area contributed by atoms with Crippen molar-refractivity contribution in [2.24, 2.45) is 17.3 Å². The fourth-order valence-electron chi connectivity index (χ4n) is 15.2. The van der Waals surface area contributed by atoms with Crippen molar-refractivity contribution in [2.75, 3.05) is 50.3 Å². The molecule has 1 saturated heterocycles. The lowest BCUT2D eigenvalue weighted by molar-refractivity contribution is -0.133. The van der Waals surface area contributed by atoms with E-state index in [0.29, 0.717) is 71.8 Å². The van der Waals surface area contributed by atoms with E-state index in [1.807, 2.05) is 91.5 Å². The maximum atomic E-state index is 14.5. The average molecular weight is 1470 g/mol. The SMILES string of the molecule is COc1cc2c(cc1OCCCOc1cc3c(cc1OC)C(=O)N1CC4(CC4)C[C@H]1C(O)N3C(=O)OCc1ccc(CC(=O)[C@H](C)NC(=O)[C@@H](CC(=O)CNC(=O)CCC(=O)CCC(=O)N3Cc4ccccc4-c4c(nnn4C(C)C)-c4ccccc43)C(C)C)cc1)CC[C@@H]1CC(c3ccc(O)cc3)=CN1C2=O. The molecule has 6 aromatic carbocycles. The standard InChI is InChI=1S/C83H91N9O16/c1-48(2)63(38-60(95)43-84-74(97)29-27-59(94)28-30-75(98)89-44-55-13-8-9-14-61(55)77-76(86-87-92(77)49(3)4)62-15-10-11-16-66(62)89)78(99)85-50(5)69(96)35-51-17-19-52(20-18-51)46-108-82(103)91-67-41-73(71(105-7)40-65(67)80(101)90-47-83(31-32-83)42-68(90)81(91)102)107-34-12-33-106-72-37-54-21-24-57-36-56(53-22-25-58(93)26-23-53)45-88(57)79(100)64(54)39-70(72)104-6/h8-11,13-20,22-23,25-26,37,39-41,45,48-50,57,63,68,81,93,102H,12,21,24,27-36,38,42-44,46-47H2,1-7H3,(H,84,97)(H,85,99)/t50-,57+,63-,68-,81?/m0/s1. The van der Waals surface area contributed by atoms with Gasteiger partial charge in [-0.1, -0.05) is 97.9 Å². The van der Waals surface area contributed by atoms with Crippen molar-refractivity contribution in [2.45, 2.75) is 162 Å². The summed E-state index contributed by atoms with van der Waals surface area (Å²) in [6, 6.07) is 34.0. The molecule has 6 aliphatic rings. The third kappa shape index (κ3) is 16.1. The van der Waals surface area contributed by atoms with Gasteiger partial charge >= 0.3 is 6.09 Å². The van der Waals surface area contributed by atoms with Crippen LogP contribution in [0, 0.1) is 17.3 Å². The fourth-order valence-corrected chi connectivity index (χ4v) is 15.2. The summed E-state index contributed by atoms with van der Waals surface area (Å²) in [6.45, 7) is 9.56. The van der Waals surface area contributed by atoms with Gasteiger partial charge in [0, 0.05) is 98.4 Å². The molecule has 0 bridgehead atoms. The second-order valence-electron chi connectivity index (χ2n) is 29.7. The van der Waals surface area contributed by atoms with E-state index < -0.39 is 47.9 Å². The third-order valence-electron chi connectivity index (χ3n) is 21.6. The minimum atomic E-state index is -1.49. The molecule has 1 aromatic heterocycles. The van der Waals surface area contributed by atoms with Crippen molar-refractivity contribution in [3.05, 3.63) is 166 Å². The minimum Gasteiger partial charge on any atom is -0.508 e. The van der Waals surface area contributed by atoms with Crippen LogP contribution in [0.15, 0.2) is 128 Å². The number of methoxy groups -OCH3 is 2. The number of fused-ring (bicyclic) bond motifs is 9. The number of ketones is 3. The molecule has 1 aliphatic carbocycles. The number of nitrogens with zero attached hydrogens (tertiary/aromatic N) is 7. The van der Waals surface area contributed by atoms with Gasteiger partial charge in [-0.3, -0.25) is 38.4 Å². The van der Waals surface area contributed by atoms with Gasteiger partial charge in [-0.25, -0.2) is 14.4 Å². The van der Waals surface area contributed by atoms with E-state index in [0.717, 1.165) is 63.2 Å². The van der Waals surface area contributed by atoms with Gasteiger partial charge in [0.1, 0.15) is 23.8 Å². The lowest BCUT2D eigenvalue weighted by Crippen LogP contribution is -2.50. The zero-order valence-electron chi connectivity index (χ0n) is 61.8. The normalized spacial score (nSPS) is 17.8. The summed E-state index contributed by atoms with van der Waals surface area (Å²) in [7, 11) is 2.97. The largest absolute Gasteiger partial charge is 0.508 e. The number of nitrogens with one attached hydrogen (secondary N) is 2. The number of carbonyl (C=O) groups is 9. The molecule has 5 aliphatic heterocycles. The van der Waals surface area contributed by atoms with E-state index in [2.05, 4.69) is 20.9 Å². The van der Waals surface area contributed by atoms with Crippen molar-refractivity contribution in [1.82, 2.24) is 35.4 Å². The number of benzene rings is 6. The Morgan fingerprint density at radius 1 is 0.704 bits per heavy atom. The maximum Gasteiger partial charge on any atom is 0.416 e. The van der Waals surface area contributed by atoms with Gasteiger partial charge in [0.15, 0.2) is 40.8 Å². The molecule has 6 heterocycles. The molecular formula is C83H91N9O16. The zero-order valence-corrected chi connectivity index (χ0v) is 61.8. The molecule has 13 rings (SSSR count). The Morgan fingerprint density at radius 2 is 1.38 bits per heavy atom. The fraction of sp³-hybridized carbons (Fsp3) is 0.410. The summed E-state index contributed by atoms with van der Waals surface area (Å²) in [5.41, 5.74) is 9.29. The number of rotatable bonds is 28. The first-order chi connectivity index (χ1) is 52.0. The Kier molecular flexibility index (Phi) is 22.3. The van der Waals surface area contributed by atoms with Gasteiger partial charge in [0.25, 0.3) is 11.8 Å². The van der Waals surface area contributed by atoms with Crippen LogP contribution >= 0.6 is 0 Å². The summed E-state index contributed by atoms with van der Waals surface area (Å²) in [5.74, 6) is -2.47. The number of hydrogen-bond acceptors (Lipinski definition) is 18. The smallest absolute Gasteiger partial charge is 0.416 e. The number of para-hydroxylation sites is 1. The summed E-state index contributed by atoms with van der Waals surface area (Å²) < 4.78 is 31.9. The van der Waals surface area contributed by atoms with Gasteiger partial charge in [0.05, 0.1) is 75.2 Å². The van der Waals surface area contributed by atoms with Crippen LogP contribution in [0.1, 0.15) is 160 Å². The number of anilines is 2. The Hall–Kier alpha value is -11.2. The summed E-state index contributed by atoms with van der Waals surface area (Å²) >= 11 is 0. The molecule has 0 radical (unpaired) electrons. The van der Waals surface area contributed by atoms with Crippen molar-refractivity contribution in [1.29, 1.82) is 0 Å². The van der Waals surface area contributed by atoms with Crippen molar-refractivity contribution >= 4 is 69.9 Å². The molecule has 108 heavy (non-hydrogen) atoms. The molecule has 1 saturated carbocycles. The van der Waals surface area contributed by atoms with Gasteiger partial charge in [-0.05, 0) is 140 Å². The number of aliphatic hydroxyl groups is 1. The minimum absolute atomic E-state index is 0.0253. The molecule has 6 amide bonds. The number of amides is 6. The predicted octanol–water partition coefficient (Wildman–Crippen LogP) is 11.1. The Morgan fingerprint density at radius 3 is 2.08 bits per heavy atom. The quantitative estimate of drug-likeness (QED) is 0.0331. The van der Waals surface area contributed by atoms with Gasteiger partial charge < -0.3 is 59.2 Å². The topological polar surface area (TPSA) is 308 Å². The molecule has 7 aromatic rings. The number of phenolic OH excluding ortho intramolecular Hbond substituents is 1. The molecule has 1 spiro atoms. The van der Waals surface area contributed by atoms with Crippen LogP contribution in [0.3, 0.4) is 0 Å². The Labute approximate surface area is 626 Å². The second-order valence-corrected chi connectivity index (χ2v) is 29.7. The first kappa shape index (κ1) is 75.0. The van der Waals surface area contributed by atoms with E-state index in [1.54, 1.807) is 77.9 Å². The van der Waals surface area contributed by atoms with E-state index in [4.69, 9.17) is 23.7 Å². The van der Waals surface area contributed by atoms with Crippen molar-refractivity contribution < 1.29 is 77.0 Å². The lowest BCUT2D eigenvalue weighted by atomic mass is 9.89. The van der Waals surface area contributed by atoms with Crippen LogP contribution in [-0.2, 0) is 59.5 Å². The summed E-state index contributed by atoms with van der Waals surface area (Å²) in [6.07, 6.45) is 3.39. The number of aromatic hydroxyl groups is 1. The van der Waals surface area contributed by atoms with E-state index in [-0.39, 0.29) is 153 Å². The highest BCUT2D eigenvalue weighted by molar-refractivity contribution is 6.07. The van der Waals surface area contributed by atoms with Crippen LogP contribution in [0.5, 0.6) is 28.7 Å². The van der Waals surface area contributed by atoms with E-state index >= 15 is 0 Å². The number of aryl methyl sites for hydroxylation is 1. The number of phenols is 1. The van der Waals surface area contributed by atoms with Crippen LogP contribution in [0.25, 0.3) is 28.1 Å². The number of Topliss-reactive ketones (excluding diaryl/α,β-unsaturated/α-hetero) is 3. The zero-order chi connectivity index (χ0) is 76.2. The highest BCUT2D eigenvalue weighted by atomic mass is 16.6. The lowest BCUT2D eigenvalue weighted by Gasteiger charge is -2.31. The monoisotopic (exact) mass is 1470 g/mol. The highest BCUT2D eigenvalue weighted by Crippen LogP contribution is 2.57. The second kappa shape index (κ2) is 32.1. The van der Waals surface area contributed by atoms with Crippen molar-refractivity contribution in [3.63, 3.8) is 0 Å². The number of carbonyl (C=O) groups excluding carboxylic acids is 9. The third-order valence-corrected chi connectivity index (χ3v) is 21.6. The van der Waals surface area contributed by atoms with Gasteiger partial charge in [-0.15, -0.1) is 5.10 Å². The molecule has 5 atom stereocenters. The number of ether oxygens (including phenoxy) is 5. The van der Waals surface area contributed by atoms with Crippen LogP contribution in [-0.4, -0.2) is 153 Å². The molecule has 1 unspecified atom stereocenters. The Bertz CT molecular complexity index is 4680. The molecule has 2 fully saturated rings. The molecule has 564 valence electrons. The number of aromatic nitrogens is 3. The van der Waals surface area contributed by atoms with Crippen LogP contribution in [0.4, 0.5) is 16.2 Å². The molecule has 4 N–H and O–H groups in total.